The first kappa shape index (κ1) is 15.3. The van der Waals surface area contributed by atoms with Crippen molar-refractivity contribution in [2.45, 2.75) is 51.1 Å². The van der Waals surface area contributed by atoms with Crippen LogP contribution in [0.4, 0.5) is 0 Å². The lowest BCUT2D eigenvalue weighted by Crippen LogP contribution is -2.30. The van der Waals surface area contributed by atoms with Crippen molar-refractivity contribution in [3.8, 4) is 0 Å². The van der Waals surface area contributed by atoms with E-state index in [1.54, 1.807) is 0 Å². The predicted molar refractivity (Wildman–Crippen MR) is 89.8 cm³/mol. The van der Waals surface area contributed by atoms with E-state index in [0.29, 0.717) is 6.04 Å². The lowest BCUT2D eigenvalue weighted by Gasteiger charge is -2.21. The van der Waals surface area contributed by atoms with Crippen LogP contribution in [0.25, 0.3) is 0 Å². The van der Waals surface area contributed by atoms with Crippen LogP contribution < -0.4 is 5.32 Å². The van der Waals surface area contributed by atoms with Crippen LogP contribution in [0.3, 0.4) is 0 Å². The van der Waals surface area contributed by atoms with Crippen LogP contribution in [0.15, 0.2) is 24.3 Å². The van der Waals surface area contributed by atoms with Crippen LogP contribution in [0.5, 0.6) is 0 Å². The number of nitrogens with one attached hydrogen (secondary N) is 1. The molecule has 1 aromatic rings. The van der Waals surface area contributed by atoms with Crippen molar-refractivity contribution >= 4 is 11.6 Å². The van der Waals surface area contributed by atoms with Gasteiger partial charge in [0.2, 0.25) is 0 Å². The molecule has 0 bridgehead atoms. The number of nitrogens with zero attached hydrogens (tertiary/aromatic N) is 1. The molecule has 0 amide bonds. The summed E-state index contributed by atoms with van der Waals surface area (Å²) in [6.45, 7) is 6.03. The van der Waals surface area contributed by atoms with Crippen LogP contribution in [0.2, 0.25) is 5.02 Å². The molecule has 2 aliphatic rings. The highest BCUT2D eigenvalue weighted by atomic mass is 35.5. The van der Waals surface area contributed by atoms with Gasteiger partial charge in [-0.05, 0) is 62.4 Å². The zero-order valence-electron chi connectivity index (χ0n) is 13.0. The zero-order valence-corrected chi connectivity index (χ0v) is 13.8. The number of likely N-dealkylation sites (tertiary alicyclic amines) is 1. The Morgan fingerprint density at radius 2 is 2.00 bits per heavy atom. The van der Waals surface area contributed by atoms with Gasteiger partial charge in [-0.25, -0.2) is 0 Å². The molecular weight excluding hydrogens is 280 g/mol. The molecule has 2 atom stereocenters. The molecule has 1 aliphatic heterocycles. The van der Waals surface area contributed by atoms with Gasteiger partial charge in [0.15, 0.2) is 0 Å². The molecule has 3 rings (SSSR count). The molecule has 2 fully saturated rings. The highest BCUT2D eigenvalue weighted by Gasteiger charge is 2.34. The van der Waals surface area contributed by atoms with E-state index >= 15 is 0 Å². The van der Waals surface area contributed by atoms with E-state index < -0.39 is 0 Å². The fourth-order valence-electron chi connectivity index (χ4n) is 3.48. The molecule has 2 unspecified atom stereocenters. The molecule has 0 spiro atoms. The summed E-state index contributed by atoms with van der Waals surface area (Å²) in [4.78, 5) is 2.70. The minimum atomic E-state index is 0.474. The van der Waals surface area contributed by atoms with E-state index in [0.717, 1.165) is 23.5 Å². The molecule has 1 N–H and O–H groups in total. The Labute approximate surface area is 133 Å². The SMILES string of the molecule is CCCC(NCC1CCN(C2CC2)C1)c1ccc(Cl)cc1. The number of halogens is 1. The van der Waals surface area contributed by atoms with Crippen molar-refractivity contribution in [1.82, 2.24) is 10.2 Å². The number of benzene rings is 1. The van der Waals surface area contributed by atoms with Gasteiger partial charge in [-0.1, -0.05) is 37.1 Å². The fraction of sp³-hybridized carbons (Fsp3) is 0.667. The average molecular weight is 307 g/mol. The van der Waals surface area contributed by atoms with Gasteiger partial charge >= 0.3 is 0 Å². The first-order valence-corrected chi connectivity index (χ1v) is 8.87. The smallest absolute Gasteiger partial charge is 0.0406 e. The molecule has 1 saturated carbocycles. The van der Waals surface area contributed by atoms with Crippen LogP contribution in [0, 0.1) is 5.92 Å². The van der Waals surface area contributed by atoms with Gasteiger partial charge in [0.05, 0.1) is 0 Å². The van der Waals surface area contributed by atoms with Crippen LogP contribution >= 0.6 is 11.6 Å². The zero-order chi connectivity index (χ0) is 14.7. The van der Waals surface area contributed by atoms with Gasteiger partial charge in [-0.3, -0.25) is 0 Å². The number of hydrogen-bond acceptors (Lipinski definition) is 2. The lowest BCUT2D eigenvalue weighted by atomic mass is 10.0. The molecule has 2 nitrogen and oxygen atoms in total. The second-order valence-corrected chi connectivity index (χ2v) is 7.12. The summed E-state index contributed by atoms with van der Waals surface area (Å²) in [6.07, 6.45) is 6.63. The van der Waals surface area contributed by atoms with Gasteiger partial charge in [0, 0.05) is 23.7 Å². The van der Waals surface area contributed by atoms with E-state index in [-0.39, 0.29) is 0 Å². The van der Waals surface area contributed by atoms with Crippen LogP contribution in [-0.2, 0) is 0 Å². The Morgan fingerprint density at radius 3 is 2.67 bits per heavy atom. The second-order valence-electron chi connectivity index (χ2n) is 6.68. The molecule has 0 aromatic heterocycles. The van der Waals surface area contributed by atoms with Crippen molar-refractivity contribution in [2.75, 3.05) is 19.6 Å². The van der Waals surface area contributed by atoms with E-state index in [2.05, 4.69) is 29.3 Å². The molecule has 1 saturated heterocycles. The van der Waals surface area contributed by atoms with Gasteiger partial charge in [0.25, 0.3) is 0 Å². The quantitative estimate of drug-likeness (QED) is 0.810. The minimum absolute atomic E-state index is 0.474. The summed E-state index contributed by atoms with van der Waals surface area (Å²) < 4.78 is 0. The minimum Gasteiger partial charge on any atom is -0.310 e. The molecule has 1 aromatic carbocycles. The molecule has 3 heteroatoms. The Hall–Kier alpha value is -0.570. The van der Waals surface area contributed by atoms with Crippen LogP contribution in [-0.4, -0.2) is 30.6 Å². The second kappa shape index (κ2) is 7.13. The van der Waals surface area contributed by atoms with Crippen molar-refractivity contribution in [3.05, 3.63) is 34.9 Å². The molecule has 1 aliphatic carbocycles. The van der Waals surface area contributed by atoms with E-state index in [1.165, 1.54) is 50.8 Å². The lowest BCUT2D eigenvalue weighted by molar-refractivity contribution is 0.308. The van der Waals surface area contributed by atoms with E-state index in [9.17, 15) is 0 Å². The monoisotopic (exact) mass is 306 g/mol. The third-order valence-electron chi connectivity index (χ3n) is 4.88. The Bertz CT molecular complexity index is 441. The third-order valence-corrected chi connectivity index (χ3v) is 5.14. The van der Waals surface area contributed by atoms with Crippen molar-refractivity contribution in [2.24, 2.45) is 5.92 Å². The van der Waals surface area contributed by atoms with Crippen LogP contribution in [0.1, 0.15) is 50.6 Å². The maximum Gasteiger partial charge on any atom is 0.0406 e. The highest BCUT2D eigenvalue weighted by molar-refractivity contribution is 6.30. The molecule has 21 heavy (non-hydrogen) atoms. The van der Waals surface area contributed by atoms with Crippen molar-refractivity contribution < 1.29 is 0 Å². The van der Waals surface area contributed by atoms with Gasteiger partial charge in [-0.2, -0.15) is 0 Å². The summed E-state index contributed by atoms with van der Waals surface area (Å²) in [5.41, 5.74) is 1.37. The standard InChI is InChI=1S/C18H27ClN2/c1-2-3-18(15-4-6-16(19)7-5-15)20-12-14-10-11-21(13-14)17-8-9-17/h4-7,14,17-18,20H,2-3,8-13H2,1H3. The maximum absolute atomic E-state index is 6.00. The predicted octanol–water partition coefficient (Wildman–Crippen LogP) is 4.26. The summed E-state index contributed by atoms with van der Waals surface area (Å²) in [5.74, 6) is 0.831. The van der Waals surface area contributed by atoms with Crippen molar-refractivity contribution in [3.63, 3.8) is 0 Å². The van der Waals surface area contributed by atoms with Crippen molar-refractivity contribution in [1.29, 1.82) is 0 Å². The average Bonchev–Trinajstić information content (AvgIpc) is 3.24. The van der Waals surface area contributed by atoms with Gasteiger partial charge in [-0.15, -0.1) is 0 Å². The maximum atomic E-state index is 6.00. The molecule has 116 valence electrons. The summed E-state index contributed by atoms with van der Waals surface area (Å²) in [6, 6.07) is 9.75. The largest absolute Gasteiger partial charge is 0.310 e. The van der Waals surface area contributed by atoms with Gasteiger partial charge in [0.1, 0.15) is 0 Å². The normalized spacial score (nSPS) is 24.4. The van der Waals surface area contributed by atoms with E-state index in [1.807, 2.05) is 12.1 Å². The number of hydrogen-bond donors (Lipinski definition) is 1. The first-order chi connectivity index (χ1) is 10.3. The highest BCUT2D eigenvalue weighted by Crippen LogP contribution is 2.31. The third kappa shape index (κ3) is 4.21. The Morgan fingerprint density at radius 1 is 1.24 bits per heavy atom. The number of rotatable bonds is 7. The molecule has 1 heterocycles. The Kier molecular flexibility index (Phi) is 5.20. The molecule has 0 radical (unpaired) electrons. The fourth-order valence-corrected chi connectivity index (χ4v) is 3.61. The first-order valence-electron chi connectivity index (χ1n) is 8.49. The van der Waals surface area contributed by atoms with E-state index in [4.69, 9.17) is 11.6 Å². The van der Waals surface area contributed by atoms with Gasteiger partial charge < -0.3 is 10.2 Å². The topological polar surface area (TPSA) is 15.3 Å². The summed E-state index contributed by atoms with van der Waals surface area (Å²) in [5, 5.41) is 4.63. The molecular formula is C18H27ClN2. The Balaban J connectivity index is 1.51. The summed E-state index contributed by atoms with van der Waals surface area (Å²) in [7, 11) is 0. The summed E-state index contributed by atoms with van der Waals surface area (Å²) >= 11 is 6.00.